The maximum atomic E-state index is 5.01. The number of H-pyrrole nitrogens is 1. The summed E-state index contributed by atoms with van der Waals surface area (Å²) in [6.45, 7) is 4.16. The summed E-state index contributed by atoms with van der Waals surface area (Å²) < 4.78 is 0.467. The molecule has 0 amide bonds. The predicted molar refractivity (Wildman–Crippen MR) is 71.7 cm³/mol. The number of pyridine rings is 1. The summed E-state index contributed by atoms with van der Waals surface area (Å²) in [4.78, 5) is 11.7. The number of hydrogen-bond acceptors (Lipinski definition) is 3. The van der Waals surface area contributed by atoms with Crippen molar-refractivity contribution < 1.29 is 0 Å². The number of benzene rings is 1. The maximum Gasteiger partial charge on any atom is 0.198 e. The Morgan fingerprint density at radius 1 is 1.18 bits per heavy atom. The Morgan fingerprint density at radius 3 is 2.76 bits per heavy atom. The molecule has 0 spiro atoms. The molecule has 3 rings (SSSR count). The summed E-state index contributed by atoms with van der Waals surface area (Å²) in [7, 11) is 0. The van der Waals surface area contributed by atoms with Crippen molar-refractivity contribution in [2.75, 3.05) is 0 Å². The van der Waals surface area contributed by atoms with Gasteiger partial charge in [0.2, 0.25) is 0 Å². The van der Waals surface area contributed by atoms with Crippen molar-refractivity contribution in [1.82, 2.24) is 15.0 Å². The second kappa shape index (κ2) is 3.60. The molecule has 0 radical (unpaired) electrons. The average Bonchev–Trinajstić information content (AvgIpc) is 2.32. The van der Waals surface area contributed by atoms with E-state index in [1.165, 1.54) is 16.5 Å². The molecule has 17 heavy (non-hydrogen) atoms. The molecule has 1 N–H and O–H groups in total. The number of hydrogen-bond donors (Lipinski definition) is 1. The Hall–Kier alpha value is -1.81. The lowest BCUT2D eigenvalue weighted by Crippen LogP contribution is -1.92. The normalized spacial score (nSPS) is 11.2. The monoisotopic (exact) mass is 241 g/mol. The van der Waals surface area contributed by atoms with Crippen molar-refractivity contribution in [3.05, 3.63) is 40.3 Å². The van der Waals surface area contributed by atoms with Gasteiger partial charge in [-0.3, -0.25) is 0 Å². The van der Waals surface area contributed by atoms with E-state index in [9.17, 15) is 0 Å². The molecule has 3 nitrogen and oxygen atoms in total. The topological polar surface area (TPSA) is 41.6 Å². The second-order valence-electron chi connectivity index (χ2n) is 4.21. The molecule has 0 saturated heterocycles. The summed E-state index contributed by atoms with van der Waals surface area (Å²) in [6, 6.07) is 6.31. The van der Waals surface area contributed by atoms with Crippen LogP contribution in [-0.2, 0) is 0 Å². The van der Waals surface area contributed by atoms with Crippen LogP contribution in [0.15, 0.2) is 24.4 Å². The quantitative estimate of drug-likeness (QED) is 0.484. The van der Waals surface area contributed by atoms with E-state index in [4.69, 9.17) is 12.2 Å². The third kappa shape index (κ3) is 1.61. The minimum absolute atomic E-state index is 0.467. The Bertz CT molecular complexity index is 790. The highest BCUT2D eigenvalue weighted by Crippen LogP contribution is 2.23. The molecule has 0 atom stereocenters. The van der Waals surface area contributed by atoms with E-state index in [0.29, 0.717) is 4.77 Å². The van der Waals surface area contributed by atoms with Gasteiger partial charge in [0, 0.05) is 17.0 Å². The molecule has 84 valence electrons. The third-order valence-electron chi connectivity index (χ3n) is 2.98. The number of nitrogens with zero attached hydrogens (tertiary/aromatic N) is 2. The van der Waals surface area contributed by atoms with Crippen molar-refractivity contribution >= 4 is 34.2 Å². The summed E-state index contributed by atoms with van der Waals surface area (Å²) in [6.07, 6.45) is 1.77. The summed E-state index contributed by atoms with van der Waals surface area (Å²) in [5.41, 5.74) is 4.21. The number of fused-ring (bicyclic) bond motifs is 2. The van der Waals surface area contributed by atoms with Gasteiger partial charge in [-0.15, -0.1) is 0 Å². The Morgan fingerprint density at radius 2 is 1.94 bits per heavy atom. The fourth-order valence-electron chi connectivity index (χ4n) is 2.01. The first kappa shape index (κ1) is 10.4. The van der Waals surface area contributed by atoms with E-state index in [-0.39, 0.29) is 0 Å². The van der Waals surface area contributed by atoms with E-state index in [1.54, 1.807) is 6.20 Å². The van der Waals surface area contributed by atoms with Gasteiger partial charge < -0.3 is 4.98 Å². The highest BCUT2D eigenvalue weighted by atomic mass is 32.1. The molecule has 1 aromatic carbocycles. The van der Waals surface area contributed by atoms with Crippen LogP contribution >= 0.6 is 12.2 Å². The van der Waals surface area contributed by atoms with Gasteiger partial charge in [-0.2, -0.15) is 0 Å². The van der Waals surface area contributed by atoms with Crippen molar-refractivity contribution in [3.63, 3.8) is 0 Å². The van der Waals surface area contributed by atoms with Crippen molar-refractivity contribution in [2.45, 2.75) is 13.8 Å². The molecule has 3 aromatic rings. The summed E-state index contributed by atoms with van der Waals surface area (Å²) in [5, 5.41) is 2.16. The van der Waals surface area contributed by atoms with Gasteiger partial charge in [0.05, 0.1) is 5.52 Å². The van der Waals surface area contributed by atoms with Crippen molar-refractivity contribution in [3.8, 4) is 0 Å². The second-order valence-corrected chi connectivity index (χ2v) is 4.60. The average molecular weight is 241 g/mol. The molecular weight excluding hydrogens is 230 g/mol. The highest BCUT2D eigenvalue weighted by molar-refractivity contribution is 7.71. The van der Waals surface area contributed by atoms with E-state index in [0.717, 1.165) is 16.6 Å². The first-order valence-corrected chi connectivity index (χ1v) is 5.82. The van der Waals surface area contributed by atoms with E-state index in [1.807, 2.05) is 0 Å². The van der Waals surface area contributed by atoms with E-state index < -0.39 is 0 Å². The van der Waals surface area contributed by atoms with Crippen LogP contribution in [0.5, 0.6) is 0 Å². The first-order valence-electron chi connectivity index (χ1n) is 5.41. The molecule has 0 aliphatic heterocycles. The zero-order chi connectivity index (χ0) is 12.0. The number of aromatic amines is 1. The van der Waals surface area contributed by atoms with Gasteiger partial charge in [-0.05, 0) is 43.3 Å². The third-order valence-corrected chi connectivity index (χ3v) is 3.19. The number of aryl methyl sites for hydroxylation is 2. The molecule has 2 aromatic heterocycles. The number of rotatable bonds is 0. The smallest absolute Gasteiger partial charge is 0.198 e. The minimum Gasteiger partial charge on any atom is -0.315 e. The molecule has 0 aliphatic rings. The van der Waals surface area contributed by atoms with Gasteiger partial charge in [-0.1, -0.05) is 12.1 Å². The molecule has 0 unspecified atom stereocenters. The van der Waals surface area contributed by atoms with Gasteiger partial charge in [0.25, 0.3) is 0 Å². The van der Waals surface area contributed by atoms with Crippen LogP contribution in [0, 0.1) is 18.6 Å². The van der Waals surface area contributed by atoms with Crippen molar-refractivity contribution in [1.29, 1.82) is 0 Å². The van der Waals surface area contributed by atoms with Gasteiger partial charge in [-0.25, -0.2) is 9.97 Å². The SMILES string of the molecule is Cc1ccc(C)c2nc3[nH]c(=S)ncc3cc12. The molecule has 2 heterocycles. The Balaban J connectivity index is 2.56. The van der Waals surface area contributed by atoms with Crippen LogP contribution in [0.4, 0.5) is 0 Å². The van der Waals surface area contributed by atoms with Crippen LogP contribution < -0.4 is 0 Å². The van der Waals surface area contributed by atoms with Crippen LogP contribution in [0.1, 0.15) is 11.1 Å². The van der Waals surface area contributed by atoms with Crippen LogP contribution in [-0.4, -0.2) is 15.0 Å². The molecule has 0 aliphatic carbocycles. The van der Waals surface area contributed by atoms with Crippen molar-refractivity contribution in [2.24, 2.45) is 0 Å². The van der Waals surface area contributed by atoms with Crippen LogP contribution in [0.2, 0.25) is 0 Å². The molecule has 0 saturated carbocycles. The van der Waals surface area contributed by atoms with Gasteiger partial charge in [0.1, 0.15) is 5.65 Å². The molecule has 0 bridgehead atoms. The maximum absolute atomic E-state index is 5.01. The fourth-order valence-corrected chi connectivity index (χ4v) is 2.16. The number of nitrogens with one attached hydrogen (secondary N) is 1. The van der Waals surface area contributed by atoms with Crippen LogP contribution in [0.25, 0.3) is 21.9 Å². The number of aromatic nitrogens is 3. The predicted octanol–water partition coefficient (Wildman–Crippen LogP) is 3.46. The van der Waals surface area contributed by atoms with Gasteiger partial charge in [0.15, 0.2) is 4.77 Å². The minimum atomic E-state index is 0.467. The van der Waals surface area contributed by atoms with Crippen LogP contribution in [0.3, 0.4) is 0 Å². The molecule has 4 heteroatoms. The van der Waals surface area contributed by atoms with Gasteiger partial charge >= 0.3 is 0 Å². The lowest BCUT2D eigenvalue weighted by Gasteiger charge is -2.06. The first-order chi connectivity index (χ1) is 8.15. The zero-order valence-corrected chi connectivity index (χ0v) is 10.4. The Kier molecular flexibility index (Phi) is 2.19. The summed E-state index contributed by atoms with van der Waals surface area (Å²) in [5.74, 6) is 0. The zero-order valence-electron chi connectivity index (χ0n) is 9.61. The Labute approximate surface area is 104 Å². The van der Waals surface area contributed by atoms with E-state index >= 15 is 0 Å². The molecule has 0 fully saturated rings. The van der Waals surface area contributed by atoms with E-state index in [2.05, 4.69) is 47.0 Å². The lowest BCUT2D eigenvalue weighted by molar-refractivity contribution is 1.16. The standard InChI is InChI=1S/C13H11N3S/c1-7-3-4-8(2)11-10(7)5-9-6-14-13(17)16-12(9)15-11/h3-6H,1-2H3,(H,14,15,16,17). The largest absolute Gasteiger partial charge is 0.315 e. The summed E-state index contributed by atoms with van der Waals surface area (Å²) >= 11 is 5.01. The highest BCUT2D eigenvalue weighted by Gasteiger charge is 2.05. The fraction of sp³-hybridized carbons (Fsp3) is 0.154. The molecular formula is C13H11N3S. The lowest BCUT2D eigenvalue weighted by atomic mass is 10.0.